The second-order valence-electron chi connectivity index (χ2n) is 4.67. The summed E-state index contributed by atoms with van der Waals surface area (Å²) in [6.07, 6.45) is 4.76. The second kappa shape index (κ2) is 5.06. The maximum Gasteiger partial charge on any atom is 0.254 e. The van der Waals surface area contributed by atoms with Crippen LogP contribution in [0.4, 0.5) is 0 Å². The van der Waals surface area contributed by atoms with Crippen molar-refractivity contribution < 1.29 is 4.79 Å². The number of hydrogen-bond acceptors (Lipinski definition) is 3. The first-order valence-corrected chi connectivity index (χ1v) is 5.57. The van der Waals surface area contributed by atoms with E-state index >= 15 is 0 Å². The Bertz CT molecular complexity index is 412. The molecule has 0 radical (unpaired) electrons. The topological polar surface area (TPSA) is 72.9 Å². The number of rotatable bonds is 3. The number of nitrogens with two attached hydrogens (primary N) is 1. The van der Waals surface area contributed by atoms with Gasteiger partial charge in [0.05, 0.1) is 11.8 Å². The van der Waals surface area contributed by atoms with Crippen LogP contribution in [-0.4, -0.2) is 27.8 Å². The van der Waals surface area contributed by atoms with Gasteiger partial charge in [-0.3, -0.25) is 9.48 Å². The van der Waals surface area contributed by atoms with Crippen molar-refractivity contribution in [1.82, 2.24) is 15.1 Å². The molecule has 0 aromatic carbocycles. The van der Waals surface area contributed by atoms with Crippen molar-refractivity contribution in [2.45, 2.75) is 31.7 Å². The Balaban J connectivity index is 0.00000144. The molecule has 0 unspecified atom stereocenters. The number of carbonyl (C=O) groups excluding carboxylic acids is 1. The van der Waals surface area contributed by atoms with Gasteiger partial charge in [-0.25, -0.2) is 0 Å². The van der Waals surface area contributed by atoms with Gasteiger partial charge in [-0.1, -0.05) is 0 Å². The molecule has 1 heterocycles. The van der Waals surface area contributed by atoms with Crippen LogP contribution >= 0.6 is 12.4 Å². The van der Waals surface area contributed by atoms with E-state index in [4.69, 9.17) is 5.73 Å². The molecule has 0 spiro atoms. The zero-order valence-corrected chi connectivity index (χ0v) is 11.0. The Hall–Kier alpha value is -1.07. The highest BCUT2D eigenvalue weighted by molar-refractivity contribution is 5.95. The highest BCUT2D eigenvalue weighted by atomic mass is 35.5. The fraction of sp³-hybridized carbons (Fsp3) is 0.636. The Kier molecular flexibility index (Phi) is 4.16. The summed E-state index contributed by atoms with van der Waals surface area (Å²) in [5, 5.41) is 6.92. The molecule has 6 heteroatoms. The number of hydrogen-bond donors (Lipinski definition) is 2. The van der Waals surface area contributed by atoms with E-state index in [0.717, 1.165) is 25.0 Å². The first-order chi connectivity index (χ1) is 7.52. The minimum absolute atomic E-state index is 0. The van der Waals surface area contributed by atoms with E-state index in [1.54, 1.807) is 10.9 Å². The van der Waals surface area contributed by atoms with Crippen LogP contribution in [-0.2, 0) is 7.05 Å². The Morgan fingerprint density at radius 2 is 2.29 bits per heavy atom. The van der Waals surface area contributed by atoms with E-state index in [2.05, 4.69) is 10.4 Å². The molecule has 1 amide bonds. The smallest absolute Gasteiger partial charge is 0.254 e. The maximum absolute atomic E-state index is 11.8. The Morgan fingerprint density at radius 1 is 1.65 bits per heavy atom. The molecular weight excluding hydrogens is 240 g/mol. The SMILES string of the molecule is Cc1c(C(=O)NCC2(N)CCC2)cnn1C.Cl. The molecule has 0 bridgehead atoms. The number of nitrogens with one attached hydrogen (secondary N) is 1. The molecular formula is C11H19ClN4O. The van der Waals surface area contributed by atoms with E-state index < -0.39 is 0 Å². The standard InChI is InChI=1S/C11H18N4O.ClH/c1-8-9(6-14-15(8)2)10(16)13-7-11(12)4-3-5-11;/h6H,3-5,7,12H2,1-2H3,(H,13,16);1H. The fourth-order valence-corrected chi connectivity index (χ4v) is 1.88. The van der Waals surface area contributed by atoms with Gasteiger partial charge in [0.2, 0.25) is 0 Å². The Labute approximate surface area is 107 Å². The van der Waals surface area contributed by atoms with Gasteiger partial charge in [0.15, 0.2) is 0 Å². The second-order valence-corrected chi connectivity index (χ2v) is 4.67. The number of aromatic nitrogens is 2. The predicted octanol–water partition coefficient (Wildman–Crippen LogP) is 0.762. The molecule has 1 aliphatic carbocycles. The van der Waals surface area contributed by atoms with Crippen molar-refractivity contribution in [2.75, 3.05) is 6.54 Å². The third-order valence-electron chi connectivity index (χ3n) is 3.43. The summed E-state index contributed by atoms with van der Waals surface area (Å²) >= 11 is 0. The molecule has 2 rings (SSSR count). The van der Waals surface area contributed by atoms with Crippen molar-refractivity contribution >= 4 is 18.3 Å². The van der Waals surface area contributed by atoms with Gasteiger partial charge in [-0.15, -0.1) is 12.4 Å². The van der Waals surface area contributed by atoms with Crippen molar-refractivity contribution in [3.63, 3.8) is 0 Å². The lowest BCUT2D eigenvalue weighted by Gasteiger charge is -2.38. The van der Waals surface area contributed by atoms with Gasteiger partial charge >= 0.3 is 0 Å². The molecule has 1 saturated carbocycles. The average Bonchev–Trinajstić information content (AvgIpc) is 2.54. The number of nitrogens with zero attached hydrogens (tertiary/aromatic N) is 2. The van der Waals surface area contributed by atoms with Crippen molar-refractivity contribution in [3.8, 4) is 0 Å². The number of halogens is 1. The third-order valence-corrected chi connectivity index (χ3v) is 3.43. The van der Waals surface area contributed by atoms with E-state index in [1.165, 1.54) is 0 Å². The molecule has 1 fully saturated rings. The predicted molar refractivity (Wildman–Crippen MR) is 68.3 cm³/mol. The first-order valence-electron chi connectivity index (χ1n) is 5.57. The lowest BCUT2D eigenvalue weighted by molar-refractivity contribution is 0.0929. The number of aryl methyl sites for hydroxylation is 1. The third kappa shape index (κ3) is 2.79. The van der Waals surface area contributed by atoms with Gasteiger partial charge < -0.3 is 11.1 Å². The van der Waals surface area contributed by atoms with Crippen molar-refractivity contribution in [1.29, 1.82) is 0 Å². The van der Waals surface area contributed by atoms with Crippen LogP contribution in [0, 0.1) is 6.92 Å². The van der Waals surface area contributed by atoms with Crippen LogP contribution in [0.25, 0.3) is 0 Å². The summed E-state index contributed by atoms with van der Waals surface area (Å²) in [5.41, 5.74) is 7.36. The van der Waals surface area contributed by atoms with Crippen LogP contribution in [0.5, 0.6) is 0 Å². The molecule has 1 aromatic heterocycles. The molecule has 96 valence electrons. The first kappa shape index (κ1) is 14.0. The molecule has 1 aromatic rings. The van der Waals surface area contributed by atoms with Crippen molar-refractivity contribution in [2.24, 2.45) is 12.8 Å². The highest BCUT2D eigenvalue weighted by Gasteiger charge is 2.32. The summed E-state index contributed by atoms with van der Waals surface area (Å²) < 4.78 is 1.69. The molecule has 0 atom stereocenters. The van der Waals surface area contributed by atoms with E-state index in [-0.39, 0.29) is 23.9 Å². The minimum Gasteiger partial charge on any atom is -0.350 e. The average molecular weight is 259 g/mol. The molecule has 0 aliphatic heterocycles. The van der Waals surface area contributed by atoms with Crippen LogP contribution in [0.15, 0.2) is 6.20 Å². The largest absolute Gasteiger partial charge is 0.350 e. The highest BCUT2D eigenvalue weighted by Crippen LogP contribution is 2.28. The lowest BCUT2D eigenvalue weighted by atomic mass is 9.78. The summed E-state index contributed by atoms with van der Waals surface area (Å²) in [7, 11) is 1.82. The maximum atomic E-state index is 11.8. The van der Waals surface area contributed by atoms with Gasteiger partial charge in [-0.05, 0) is 26.2 Å². The zero-order chi connectivity index (χ0) is 11.8. The van der Waals surface area contributed by atoms with E-state index in [9.17, 15) is 4.79 Å². The Morgan fingerprint density at radius 3 is 2.71 bits per heavy atom. The molecule has 17 heavy (non-hydrogen) atoms. The molecule has 3 N–H and O–H groups in total. The van der Waals surface area contributed by atoms with Crippen molar-refractivity contribution in [3.05, 3.63) is 17.5 Å². The summed E-state index contributed by atoms with van der Waals surface area (Å²) in [5.74, 6) is -0.0812. The minimum atomic E-state index is -0.175. The van der Waals surface area contributed by atoms with Crippen LogP contribution in [0.1, 0.15) is 35.3 Å². The van der Waals surface area contributed by atoms with Gasteiger partial charge in [0.25, 0.3) is 5.91 Å². The number of carbonyl (C=O) groups is 1. The van der Waals surface area contributed by atoms with E-state index in [1.807, 2.05) is 14.0 Å². The lowest BCUT2D eigenvalue weighted by Crippen LogP contribution is -2.54. The fourth-order valence-electron chi connectivity index (χ4n) is 1.88. The summed E-state index contributed by atoms with van der Waals surface area (Å²) in [4.78, 5) is 11.8. The van der Waals surface area contributed by atoms with Gasteiger partial charge in [0.1, 0.15) is 0 Å². The summed E-state index contributed by atoms with van der Waals surface area (Å²) in [6, 6.07) is 0. The van der Waals surface area contributed by atoms with Gasteiger partial charge in [0, 0.05) is 24.8 Å². The number of amides is 1. The molecule has 5 nitrogen and oxygen atoms in total. The molecule has 1 aliphatic rings. The van der Waals surface area contributed by atoms with Crippen LogP contribution in [0.3, 0.4) is 0 Å². The normalized spacial score (nSPS) is 16.9. The zero-order valence-electron chi connectivity index (χ0n) is 10.2. The monoisotopic (exact) mass is 258 g/mol. The molecule has 0 saturated heterocycles. The van der Waals surface area contributed by atoms with Crippen LogP contribution < -0.4 is 11.1 Å². The van der Waals surface area contributed by atoms with E-state index in [0.29, 0.717) is 12.1 Å². The quantitative estimate of drug-likeness (QED) is 0.841. The van der Waals surface area contributed by atoms with Gasteiger partial charge in [-0.2, -0.15) is 5.10 Å². The summed E-state index contributed by atoms with van der Waals surface area (Å²) in [6.45, 7) is 2.43. The van der Waals surface area contributed by atoms with Crippen LogP contribution in [0.2, 0.25) is 0 Å².